The number of halogens is 3. The van der Waals surface area contributed by atoms with Gasteiger partial charge in [0.1, 0.15) is 12.1 Å². The average molecular weight is 258 g/mol. The van der Waals surface area contributed by atoms with Gasteiger partial charge in [0.05, 0.1) is 5.56 Å². The molecule has 1 aromatic carbocycles. The lowest BCUT2D eigenvalue weighted by Gasteiger charge is -2.15. The normalized spacial score (nSPS) is 13.1. The van der Waals surface area contributed by atoms with E-state index >= 15 is 0 Å². The van der Waals surface area contributed by atoms with Gasteiger partial charge in [-0.3, -0.25) is 0 Å². The Labute approximate surface area is 103 Å². The fourth-order valence-corrected chi connectivity index (χ4v) is 1.77. The molecule has 0 aliphatic rings. The first-order chi connectivity index (χ1) is 8.34. The van der Waals surface area contributed by atoms with Crippen molar-refractivity contribution in [2.24, 2.45) is 0 Å². The Kier molecular flexibility index (Phi) is 4.64. The Bertz CT molecular complexity index is 438. The summed E-state index contributed by atoms with van der Waals surface area (Å²) in [6.45, 7) is 1.35. The van der Waals surface area contributed by atoms with Crippen molar-refractivity contribution in [3.05, 3.63) is 35.4 Å². The molecule has 0 spiro atoms. The second-order valence-corrected chi connectivity index (χ2v) is 4.13. The van der Waals surface area contributed by atoms with E-state index in [2.05, 4.69) is 0 Å². The molecule has 0 heterocycles. The first-order valence-corrected chi connectivity index (χ1v) is 5.45. The van der Waals surface area contributed by atoms with Gasteiger partial charge >= 0.3 is 6.18 Å². The molecular formula is C13H13F3O2. The highest BCUT2D eigenvalue weighted by Crippen LogP contribution is 2.32. The van der Waals surface area contributed by atoms with Crippen LogP contribution in [0.5, 0.6) is 0 Å². The smallest absolute Gasteiger partial charge is 0.303 e. The molecular weight excluding hydrogens is 245 g/mol. The number of hydrogen-bond donors (Lipinski definition) is 0. The van der Waals surface area contributed by atoms with E-state index in [0.29, 0.717) is 11.8 Å². The number of carbonyl (C=O) groups excluding carboxylic acids is 2. The van der Waals surface area contributed by atoms with E-state index in [1.165, 1.54) is 19.1 Å². The molecule has 0 fully saturated rings. The molecule has 0 N–H and O–H groups in total. The van der Waals surface area contributed by atoms with Gasteiger partial charge in [0.15, 0.2) is 0 Å². The molecule has 0 amide bonds. The number of rotatable bonds is 5. The molecule has 0 aromatic heterocycles. The molecule has 5 heteroatoms. The lowest BCUT2D eigenvalue weighted by molar-refractivity contribution is -0.137. The predicted molar refractivity (Wildman–Crippen MR) is 60.2 cm³/mol. The number of carbonyl (C=O) groups is 2. The van der Waals surface area contributed by atoms with Crippen LogP contribution >= 0.6 is 0 Å². The van der Waals surface area contributed by atoms with Gasteiger partial charge < -0.3 is 9.59 Å². The zero-order valence-electron chi connectivity index (χ0n) is 9.83. The maximum absolute atomic E-state index is 12.5. The van der Waals surface area contributed by atoms with Crippen molar-refractivity contribution in [2.75, 3.05) is 0 Å². The van der Waals surface area contributed by atoms with Crippen LogP contribution in [0.4, 0.5) is 13.2 Å². The topological polar surface area (TPSA) is 34.1 Å². The zero-order valence-corrected chi connectivity index (χ0v) is 9.83. The van der Waals surface area contributed by atoms with E-state index < -0.39 is 17.7 Å². The van der Waals surface area contributed by atoms with E-state index in [0.717, 1.165) is 12.1 Å². The van der Waals surface area contributed by atoms with E-state index in [1.54, 1.807) is 0 Å². The second-order valence-electron chi connectivity index (χ2n) is 4.13. The summed E-state index contributed by atoms with van der Waals surface area (Å²) in [5, 5.41) is 0. The van der Waals surface area contributed by atoms with Crippen molar-refractivity contribution in [3.63, 3.8) is 0 Å². The summed E-state index contributed by atoms with van der Waals surface area (Å²) in [6, 6.07) is 4.76. The number of alkyl halides is 3. The summed E-state index contributed by atoms with van der Waals surface area (Å²) in [7, 11) is 0. The van der Waals surface area contributed by atoms with Crippen molar-refractivity contribution in [1.29, 1.82) is 0 Å². The molecule has 98 valence electrons. The van der Waals surface area contributed by atoms with Gasteiger partial charge in [-0.2, -0.15) is 13.2 Å². The molecule has 0 bridgehead atoms. The Hall–Kier alpha value is -1.65. The summed E-state index contributed by atoms with van der Waals surface area (Å²) in [5.74, 6) is -0.637. The minimum Gasteiger partial charge on any atom is -0.303 e. The van der Waals surface area contributed by atoms with Gasteiger partial charge in [-0.1, -0.05) is 18.2 Å². The lowest BCUT2D eigenvalue weighted by atomic mass is 9.90. The third-order valence-electron chi connectivity index (χ3n) is 2.60. The maximum Gasteiger partial charge on any atom is 0.416 e. The first-order valence-electron chi connectivity index (χ1n) is 5.45. The molecule has 0 saturated carbocycles. The molecule has 2 nitrogen and oxygen atoms in total. The van der Waals surface area contributed by atoms with Crippen LogP contribution in [0, 0.1) is 0 Å². The largest absolute Gasteiger partial charge is 0.416 e. The van der Waals surface area contributed by atoms with Gasteiger partial charge in [0.2, 0.25) is 0 Å². The second kappa shape index (κ2) is 5.80. The van der Waals surface area contributed by atoms with Crippen LogP contribution in [0.25, 0.3) is 0 Å². The van der Waals surface area contributed by atoms with Gasteiger partial charge in [-0.05, 0) is 24.5 Å². The highest BCUT2D eigenvalue weighted by atomic mass is 19.4. The monoisotopic (exact) mass is 258 g/mol. The Morgan fingerprint density at radius 2 is 2.06 bits per heavy atom. The quantitative estimate of drug-likeness (QED) is 0.759. The minimum absolute atomic E-state index is 0.0426. The Balaban J connectivity index is 3.05. The molecule has 1 unspecified atom stereocenters. The number of aldehydes is 1. The van der Waals surface area contributed by atoms with E-state index in [-0.39, 0.29) is 18.6 Å². The number of hydrogen-bond acceptors (Lipinski definition) is 2. The highest BCUT2D eigenvalue weighted by Gasteiger charge is 2.31. The van der Waals surface area contributed by atoms with Crippen LogP contribution in [0.3, 0.4) is 0 Å². The van der Waals surface area contributed by atoms with Crippen molar-refractivity contribution < 1.29 is 22.8 Å². The number of ketones is 1. The Morgan fingerprint density at radius 3 is 2.56 bits per heavy atom. The molecule has 1 rings (SSSR count). The van der Waals surface area contributed by atoms with Crippen LogP contribution in [0.1, 0.15) is 36.8 Å². The van der Waals surface area contributed by atoms with Gasteiger partial charge in [0.25, 0.3) is 0 Å². The van der Waals surface area contributed by atoms with Crippen LogP contribution in [-0.2, 0) is 15.8 Å². The summed E-state index contributed by atoms with van der Waals surface area (Å²) in [5.41, 5.74) is -0.397. The zero-order chi connectivity index (χ0) is 13.8. The standard InChI is InChI=1S/C13H13F3O2/c1-9(18)7-11(5-6-17)10-3-2-4-12(8-10)13(14,15)16/h2-4,6,8,11H,5,7H2,1H3. The van der Waals surface area contributed by atoms with Crippen LogP contribution in [-0.4, -0.2) is 12.1 Å². The maximum atomic E-state index is 12.5. The lowest BCUT2D eigenvalue weighted by Crippen LogP contribution is -2.09. The van der Waals surface area contributed by atoms with Crippen molar-refractivity contribution in [3.8, 4) is 0 Å². The molecule has 0 saturated heterocycles. The minimum atomic E-state index is -4.42. The number of benzene rings is 1. The Morgan fingerprint density at radius 1 is 1.39 bits per heavy atom. The van der Waals surface area contributed by atoms with Gasteiger partial charge in [-0.15, -0.1) is 0 Å². The average Bonchev–Trinajstić information content (AvgIpc) is 2.27. The molecule has 0 radical (unpaired) electrons. The summed E-state index contributed by atoms with van der Waals surface area (Å²) >= 11 is 0. The first kappa shape index (κ1) is 14.4. The third-order valence-corrected chi connectivity index (χ3v) is 2.60. The molecule has 0 aliphatic heterocycles. The molecule has 18 heavy (non-hydrogen) atoms. The van der Waals surface area contributed by atoms with Crippen molar-refractivity contribution in [1.82, 2.24) is 0 Å². The summed E-state index contributed by atoms with van der Waals surface area (Å²) in [6.07, 6.45) is -3.69. The van der Waals surface area contributed by atoms with Gasteiger partial charge in [-0.25, -0.2) is 0 Å². The predicted octanol–water partition coefficient (Wildman–Crippen LogP) is 3.36. The fraction of sp³-hybridized carbons (Fsp3) is 0.385. The highest BCUT2D eigenvalue weighted by molar-refractivity contribution is 5.77. The molecule has 1 aromatic rings. The van der Waals surface area contributed by atoms with Crippen LogP contribution < -0.4 is 0 Å². The van der Waals surface area contributed by atoms with E-state index in [4.69, 9.17) is 0 Å². The summed E-state index contributed by atoms with van der Waals surface area (Å²) in [4.78, 5) is 21.6. The third kappa shape index (κ3) is 3.98. The molecule has 1 atom stereocenters. The van der Waals surface area contributed by atoms with Gasteiger partial charge in [0, 0.05) is 12.8 Å². The SMILES string of the molecule is CC(=O)CC(CC=O)c1cccc(C(F)(F)F)c1. The molecule has 0 aliphatic carbocycles. The number of Topliss-reactive ketones (excluding diaryl/α,β-unsaturated/α-hetero) is 1. The van der Waals surface area contributed by atoms with Crippen LogP contribution in [0.2, 0.25) is 0 Å². The van der Waals surface area contributed by atoms with Crippen LogP contribution in [0.15, 0.2) is 24.3 Å². The van der Waals surface area contributed by atoms with Crippen molar-refractivity contribution >= 4 is 12.1 Å². The van der Waals surface area contributed by atoms with E-state index in [9.17, 15) is 22.8 Å². The van der Waals surface area contributed by atoms with Crippen molar-refractivity contribution in [2.45, 2.75) is 31.9 Å². The fourth-order valence-electron chi connectivity index (χ4n) is 1.77. The summed E-state index contributed by atoms with van der Waals surface area (Å²) < 4.78 is 37.6. The van der Waals surface area contributed by atoms with E-state index in [1.807, 2.05) is 0 Å².